The van der Waals surface area contributed by atoms with Crippen LogP contribution >= 0.6 is 0 Å². The molecule has 120 valence electrons. The molecular formula is C18H17F3N2. The third kappa shape index (κ3) is 2.64. The maximum Gasteiger partial charge on any atom is 0.416 e. The number of hydrogen-bond acceptors (Lipinski definition) is 2. The summed E-state index contributed by atoms with van der Waals surface area (Å²) in [6.45, 7) is 2.07. The SMILES string of the molecule is FC(F)(F)c1cccc(-c2ccc3c(c2)NC2CCN3CC2)c1. The molecule has 5 rings (SSSR count). The second kappa shape index (κ2) is 5.18. The minimum absolute atomic E-state index is 0.462. The molecule has 1 fully saturated rings. The van der Waals surface area contributed by atoms with Crippen LogP contribution in [0.3, 0.4) is 0 Å². The number of rotatable bonds is 1. The van der Waals surface area contributed by atoms with Crippen molar-refractivity contribution < 1.29 is 13.2 Å². The van der Waals surface area contributed by atoms with Crippen molar-refractivity contribution in [2.75, 3.05) is 23.3 Å². The van der Waals surface area contributed by atoms with E-state index in [1.165, 1.54) is 12.1 Å². The number of nitrogens with zero attached hydrogens (tertiary/aromatic N) is 1. The zero-order valence-corrected chi connectivity index (χ0v) is 12.5. The van der Waals surface area contributed by atoms with Crippen molar-refractivity contribution in [2.45, 2.75) is 25.1 Å². The Morgan fingerprint density at radius 1 is 0.957 bits per heavy atom. The number of benzene rings is 2. The van der Waals surface area contributed by atoms with Gasteiger partial charge in [-0.3, -0.25) is 0 Å². The van der Waals surface area contributed by atoms with E-state index in [4.69, 9.17) is 0 Å². The van der Waals surface area contributed by atoms with Gasteiger partial charge in [0.2, 0.25) is 0 Å². The molecule has 5 heteroatoms. The summed E-state index contributed by atoms with van der Waals surface area (Å²) in [7, 11) is 0. The Hall–Kier alpha value is -2.17. The van der Waals surface area contributed by atoms with Gasteiger partial charge in [0, 0.05) is 19.1 Å². The van der Waals surface area contributed by atoms with Gasteiger partial charge in [0.15, 0.2) is 0 Å². The van der Waals surface area contributed by atoms with E-state index in [2.05, 4.69) is 10.2 Å². The summed E-state index contributed by atoms with van der Waals surface area (Å²) < 4.78 is 38.7. The standard InChI is InChI=1S/C18H17F3N2/c19-18(20,21)14-3-1-2-12(10-14)13-4-5-17-16(11-13)22-15-6-8-23(17)9-7-15/h1-5,10-11,15,22H,6-9H2. The molecule has 0 radical (unpaired) electrons. The Morgan fingerprint density at radius 3 is 2.43 bits per heavy atom. The van der Waals surface area contributed by atoms with E-state index in [0.29, 0.717) is 11.6 Å². The molecule has 3 aliphatic rings. The molecule has 3 aliphatic heterocycles. The van der Waals surface area contributed by atoms with Crippen LogP contribution in [0.1, 0.15) is 18.4 Å². The highest BCUT2D eigenvalue weighted by atomic mass is 19.4. The number of alkyl halides is 3. The average molecular weight is 318 g/mol. The predicted molar refractivity (Wildman–Crippen MR) is 85.7 cm³/mol. The summed E-state index contributed by atoms with van der Waals surface area (Å²) in [5.41, 5.74) is 2.98. The first kappa shape index (κ1) is 14.4. The molecule has 0 spiro atoms. The van der Waals surface area contributed by atoms with Gasteiger partial charge >= 0.3 is 6.18 Å². The molecule has 2 nitrogen and oxygen atoms in total. The highest BCUT2D eigenvalue weighted by Crippen LogP contribution is 2.38. The van der Waals surface area contributed by atoms with Gasteiger partial charge in [0.25, 0.3) is 0 Å². The third-order valence-corrected chi connectivity index (χ3v) is 4.72. The monoisotopic (exact) mass is 318 g/mol. The Bertz CT molecular complexity index is 731. The minimum Gasteiger partial charge on any atom is -0.380 e. The molecule has 0 amide bonds. The van der Waals surface area contributed by atoms with Gasteiger partial charge in [0.05, 0.1) is 16.9 Å². The number of piperidine rings is 1. The van der Waals surface area contributed by atoms with Crippen LogP contribution in [0.2, 0.25) is 0 Å². The zero-order valence-electron chi connectivity index (χ0n) is 12.5. The summed E-state index contributed by atoms with van der Waals surface area (Å²) in [5, 5.41) is 3.54. The van der Waals surface area contributed by atoms with Crippen LogP contribution in [0.25, 0.3) is 11.1 Å². The van der Waals surface area contributed by atoms with E-state index < -0.39 is 11.7 Å². The van der Waals surface area contributed by atoms with E-state index in [-0.39, 0.29) is 0 Å². The fraction of sp³-hybridized carbons (Fsp3) is 0.333. The predicted octanol–water partition coefficient (Wildman–Crippen LogP) is 4.77. The van der Waals surface area contributed by atoms with Crippen molar-refractivity contribution >= 4 is 11.4 Å². The van der Waals surface area contributed by atoms with Gasteiger partial charge in [-0.1, -0.05) is 18.2 Å². The molecule has 0 atom stereocenters. The maximum atomic E-state index is 12.9. The fourth-order valence-corrected chi connectivity index (χ4v) is 3.47. The van der Waals surface area contributed by atoms with Crippen LogP contribution in [0.4, 0.5) is 24.5 Å². The van der Waals surface area contributed by atoms with Gasteiger partial charge in [0.1, 0.15) is 0 Å². The fourth-order valence-electron chi connectivity index (χ4n) is 3.47. The lowest BCUT2D eigenvalue weighted by Gasteiger charge is -2.28. The summed E-state index contributed by atoms with van der Waals surface area (Å²) in [4.78, 5) is 2.35. The summed E-state index contributed by atoms with van der Waals surface area (Å²) in [6.07, 6.45) is -2.11. The van der Waals surface area contributed by atoms with E-state index in [1.54, 1.807) is 6.07 Å². The molecule has 23 heavy (non-hydrogen) atoms. The first-order valence-corrected chi connectivity index (χ1v) is 7.84. The quantitative estimate of drug-likeness (QED) is 0.815. The third-order valence-electron chi connectivity index (χ3n) is 4.72. The zero-order chi connectivity index (χ0) is 16.0. The van der Waals surface area contributed by atoms with Gasteiger partial charge < -0.3 is 10.2 Å². The Kier molecular flexibility index (Phi) is 3.25. The van der Waals surface area contributed by atoms with Crippen molar-refractivity contribution in [3.05, 3.63) is 48.0 Å². The van der Waals surface area contributed by atoms with Crippen LogP contribution in [-0.2, 0) is 6.18 Å². The number of hydrogen-bond donors (Lipinski definition) is 1. The molecule has 0 aliphatic carbocycles. The van der Waals surface area contributed by atoms with Crippen LogP contribution < -0.4 is 10.2 Å². The molecule has 0 unspecified atom stereocenters. The second-order valence-corrected chi connectivity index (χ2v) is 6.22. The van der Waals surface area contributed by atoms with E-state index >= 15 is 0 Å². The summed E-state index contributed by atoms with van der Waals surface area (Å²) in [5.74, 6) is 0. The Labute approximate surface area is 132 Å². The van der Waals surface area contributed by atoms with Crippen molar-refractivity contribution in [3.63, 3.8) is 0 Å². The Morgan fingerprint density at radius 2 is 1.70 bits per heavy atom. The Balaban J connectivity index is 1.74. The smallest absolute Gasteiger partial charge is 0.380 e. The van der Waals surface area contributed by atoms with E-state index in [0.717, 1.165) is 48.9 Å². The molecule has 2 aromatic carbocycles. The molecular weight excluding hydrogens is 301 g/mol. The molecule has 2 aromatic rings. The maximum absolute atomic E-state index is 12.9. The van der Waals surface area contributed by atoms with Crippen LogP contribution in [0.15, 0.2) is 42.5 Å². The number of halogens is 3. The van der Waals surface area contributed by atoms with Crippen molar-refractivity contribution in [2.24, 2.45) is 0 Å². The molecule has 0 saturated carbocycles. The van der Waals surface area contributed by atoms with E-state index in [9.17, 15) is 13.2 Å². The average Bonchev–Trinajstić information content (AvgIpc) is 2.82. The van der Waals surface area contributed by atoms with E-state index in [1.807, 2.05) is 18.2 Å². The van der Waals surface area contributed by atoms with Gasteiger partial charge in [-0.2, -0.15) is 13.2 Å². The molecule has 1 saturated heterocycles. The molecule has 1 N–H and O–H groups in total. The van der Waals surface area contributed by atoms with Crippen LogP contribution in [0.5, 0.6) is 0 Å². The van der Waals surface area contributed by atoms with Crippen molar-refractivity contribution in [1.29, 1.82) is 0 Å². The normalized spacial score (nSPS) is 17.6. The second-order valence-electron chi connectivity index (χ2n) is 6.22. The van der Waals surface area contributed by atoms with Crippen molar-refractivity contribution in [1.82, 2.24) is 0 Å². The highest BCUT2D eigenvalue weighted by molar-refractivity contribution is 5.79. The molecule has 0 aromatic heterocycles. The largest absolute Gasteiger partial charge is 0.416 e. The first-order valence-electron chi connectivity index (χ1n) is 7.84. The van der Waals surface area contributed by atoms with Gasteiger partial charge in [-0.05, 0) is 48.2 Å². The van der Waals surface area contributed by atoms with Crippen LogP contribution in [0, 0.1) is 0 Å². The lowest BCUT2D eigenvalue weighted by Crippen LogP contribution is -2.35. The lowest BCUT2D eigenvalue weighted by atomic mass is 10.0. The number of fused-ring (bicyclic) bond motifs is 2. The van der Waals surface area contributed by atoms with Crippen molar-refractivity contribution in [3.8, 4) is 11.1 Å². The number of nitrogens with one attached hydrogen (secondary N) is 1. The van der Waals surface area contributed by atoms with Gasteiger partial charge in [-0.15, -0.1) is 0 Å². The minimum atomic E-state index is -4.31. The lowest BCUT2D eigenvalue weighted by molar-refractivity contribution is -0.137. The molecule has 2 bridgehead atoms. The van der Waals surface area contributed by atoms with Crippen LogP contribution in [-0.4, -0.2) is 19.1 Å². The topological polar surface area (TPSA) is 15.3 Å². The summed E-state index contributed by atoms with van der Waals surface area (Å²) >= 11 is 0. The highest BCUT2D eigenvalue weighted by Gasteiger charge is 2.31. The molecule has 3 heterocycles. The first-order chi connectivity index (χ1) is 11.0. The van der Waals surface area contributed by atoms with Gasteiger partial charge in [-0.25, -0.2) is 0 Å². The summed E-state index contributed by atoms with van der Waals surface area (Å²) in [6, 6.07) is 11.9. The number of anilines is 2.